The molecule has 0 aromatic heterocycles. The first kappa shape index (κ1) is 27.6. The molecule has 8 heteroatoms. The van der Waals surface area contributed by atoms with E-state index < -0.39 is 0 Å². The van der Waals surface area contributed by atoms with Crippen LogP contribution < -0.4 is 5.32 Å². The van der Waals surface area contributed by atoms with E-state index in [1.807, 2.05) is 29.4 Å². The van der Waals surface area contributed by atoms with Gasteiger partial charge in [0, 0.05) is 5.69 Å². The van der Waals surface area contributed by atoms with Crippen LogP contribution >= 0.6 is 33.6 Å². The summed E-state index contributed by atoms with van der Waals surface area (Å²) >= 11 is 5.37. The topological polar surface area (TPSA) is 18.5 Å². The SMILES string of the molecule is CSN1[CH-]N(SC)CC1.[CH2-]c1cc(F)ccc1CNc1ccccc1C(C)C.[Cl][Ru+3]. The zero-order valence-electron chi connectivity index (χ0n) is 17.8. The maximum atomic E-state index is 13.0. The van der Waals surface area contributed by atoms with Crippen LogP contribution in [0.1, 0.15) is 36.5 Å². The first-order valence-corrected chi connectivity index (χ1v) is 14.1. The minimum atomic E-state index is -0.240. The quantitative estimate of drug-likeness (QED) is 0.242. The van der Waals surface area contributed by atoms with Crippen molar-refractivity contribution in [3.8, 4) is 0 Å². The van der Waals surface area contributed by atoms with Crippen LogP contribution in [0.15, 0.2) is 42.5 Å². The van der Waals surface area contributed by atoms with Crippen molar-refractivity contribution in [3.05, 3.63) is 78.6 Å². The van der Waals surface area contributed by atoms with E-state index in [0.29, 0.717) is 12.5 Å². The Morgan fingerprint density at radius 1 is 1.13 bits per heavy atom. The van der Waals surface area contributed by atoms with Gasteiger partial charge in [0.25, 0.3) is 0 Å². The van der Waals surface area contributed by atoms with E-state index in [9.17, 15) is 4.39 Å². The van der Waals surface area contributed by atoms with Crippen molar-refractivity contribution < 1.29 is 21.7 Å². The van der Waals surface area contributed by atoms with Gasteiger partial charge in [0.1, 0.15) is 0 Å². The van der Waals surface area contributed by atoms with E-state index in [4.69, 9.17) is 0 Å². The van der Waals surface area contributed by atoms with Crippen molar-refractivity contribution in [1.82, 2.24) is 8.61 Å². The van der Waals surface area contributed by atoms with Gasteiger partial charge in [-0.1, -0.05) is 38.1 Å². The molecule has 0 saturated carbocycles. The Bertz CT molecular complexity index is 742. The van der Waals surface area contributed by atoms with Gasteiger partial charge in [-0.3, -0.25) is 0 Å². The van der Waals surface area contributed by atoms with Crippen molar-refractivity contribution in [2.24, 2.45) is 0 Å². The van der Waals surface area contributed by atoms with Crippen molar-refractivity contribution in [2.45, 2.75) is 26.3 Å². The number of hydrogen-bond acceptors (Lipinski definition) is 5. The van der Waals surface area contributed by atoms with Crippen LogP contribution in [-0.4, -0.2) is 34.2 Å². The van der Waals surface area contributed by atoms with Crippen molar-refractivity contribution in [2.75, 3.05) is 30.9 Å². The predicted octanol–water partition coefficient (Wildman–Crippen LogP) is 6.71. The normalized spacial score (nSPS) is 14.0. The molecule has 1 N–H and O–H groups in total. The molecule has 0 atom stereocenters. The number of rotatable bonds is 6. The van der Waals surface area contributed by atoms with Crippen LogP contribution in [-0.2, 0) is 23.9 Å². The van der Waals surface area contributed by atoms with E-state index in [2.05, 4.69) is 75.7 Å². The third-order valence-corrected chi connectivity index (χ3v) is 5.98. The number of benzene rings is 2. The van der Waals surface area contributed by atoms with Crippen LogP contribution in [0.5, 0.6) is 0 Å². The Kier molecular flexibility index (Phi) is 14.2. The summed E-state index contributed by atoms with van der Waals surface area (Å²) in [5.41, 5.74) is 4.16. The number of nitrogens with one attached hydrogen (secondary N) is 1. The van der Waals surface area contributed by atoms with E-state index in [0.717, 1.165) is 29.9 Å². The summed E-state index contributed by atoms with van der Waals surface area (Å²) in [4.78, 5) is 0. The molecule has 2 aromatic rings. The summed E-state index contributed by atoms with van der Waals surface area (Å²) in [5.74, 6) is 0.229. The van der Waals surface area contributed by atoms with Gasteiger partial charge in [-0.25, -0.2) is 4.39 Å². The second kappa shape index (κ2) is 15.4. The predicted molar refractivity (Wildman–Crippen MR) is 129 cm³/mol. The fourth-order valence-corrected chi connectivity index (χ4v) is 3.86. The molecule has 1 saturated heterocycles. The molecule has 166 valence electrons. The summed E-state index contributed by atoms with van der Waals surface area (Å²) in [6.07, 6.45) is 4.20. The molecular weight excluding hydrogens is 526 g/mol. The van der Waals surface area contributed by atoms with Gasteiger partial charge in [0.15, 0.2) is 0 Å². The molecule has 1 aliphatic heterocycles. The molecule has 0 radical (unpaired) electrons. The average molecular weight is 556 g/mol. The van der Waals surface area contributed by atoms with Crippen LogP contribution in [0.2, 0.25) is 0 Å². The Hall–Kier alpha value is -0.427. The zero-order valence-corrected chi connectivity index (χ0v) is 22.0. The van der Waals surface area contributed by atoms with Crippen molar-refractivity contribution >= 4 is 39.3 Å². The Labute approximate surface area is 204 Å². The average Bonchev–Trinajstić information content (AvgIpc) is 3.24. The second-order valence-corrected chi connectivity index (χ2v) is 8.44. The van der Waals surface area contributed by atoms with Gasteiger partial charge in [-0.15, -0.1) is 41.6 Å². The Morgan fingerprint density at radius 3 is 2.23 bits per heavy atom. The van der Waals surface area contributed by atoms with Crippen molar-refractivity contribution in [1.29, 1.82) is 0 Å². The summed E-state index contributed by atoms with van der Waals surface area (Å²) in [5, 5.41) is 3.41. The van der Waals surface area contributed by atoms with Crippen LogP contribution in [0.25, 0.3) is 0 Å². The summed E-state index contributed by atoms with van der Waals surface area (Å²) < 4.78 is 17.5. The fourth-order valence-electron chi connectivity index (χ4n) is 2.85. The molecule has 1 aliphatic rings. The third kappa shape index (κ3) is 9.37. The van der Waals surface area contributed by atoms with Crippen LogP contribution in [0.4, 0.5) is 10.1 Å². The van der Waals surface area contributed by atoms with Gasteiger partial charge in [0.05, 0.1) is 5.82 Å². The molecule has 0 amide bonds. The van der Waals surface area contributed by atoms with E-state index >= 15 is 0 Å². The van der Waals surface area contributed by atoms with Gasteiger partial charge in [-0.05, 0) is 49.7 Å². The number of hydrogen-bond donors (Lipinski definition) is 1. The van der Waals surface area contributed by atoms with Gasteiger partial charge in [0.2, 0.25) is 0 Å². The molecule has 1 heterocycles. The van der Waals surface area contributed by atoms with E-state index in [1.165, 1.54) is 17.7 Å². The van der Waals surface area contributed by atoms with Crippen molar-refractivity contribution in [3.63, 3.8) is 0 Å². The minimum absolute atomic E-state index is 0.240. The van der Waals surface area contributed by atoms with Gasteiger partial charge in [-0.2, -0.15) is 19.2 Å². The summed E-state index contributed by atoms with van der Waals surface area (Å²) in [7, 11) is 4.57. The number of nitrogens with zero attached hydrogens (tertiary/aromatic N) is 2. The monoisotopic (exact) mass is 556 g/mol. The molecule has 3 nitrogen and oxygen atoms in total. The summed E-state index contributed by atoms with van der Waals surface area (Å²) in [6.45, 7) is 13.3. The molecule has 0 spiro atoms. The summed E-state index contributed by atoms with van der Waals surface area (Å²) in [6, 6.07) is 13.0. The number of anilines is 1. The van der Waals surface area contributed by atoms with Crippen LogP contribution in [0, 0.1) is 19.4 Å². The Morgan fingerprint density at radius 2 is 1.73 bits per heavy atom. The standard InChI is InChI=1S/C17H19FN.C5H11N2S2.ClH.Ru/c1-12(2)16-6-4-5-7-17(16)19-11-14-8-9-15(18)10-13(14)3;1-8-6-3-4-7(5-6)9-2;;/h4-10,12,19H,3,11H2,1-2H3;5H,3-4H2,1-2H3;1H;/q2*-1;;+4/p-1. The molecular formula is C22H30ClFN3RuS2+. The Balaban J connectivity index is 0.000000342. The fraction of sp³-hybridized carbons (Fsp3) is 0.364. The molecule has 0 aliphatic carbocycles. The second-order valence-electron chi connectivity index (χ2n) is 6.77. The molecule has 2 aromatic carbocycles. The first-order valence-electron chi connectivity index (χ1n) is 9.47. The number of para-hydroxylation sites is 1. The first-order chi connectivity index (χ1) is 14.4. The molecule has 30 heavy (non-hydrogen) atoms. The maximum absolute atomic E-state index is 13.0. The van der Waals surface area contributed by atoms with Gasteiger partial charge >= 0.3 is 27.0 Å². The number of halogens is 2. The molecule has 3 rings (SSSR count). The van der Waals surface area contributed by atoms with E-state index in [-0.39, 0.29) is 5.82 Å². The van der Waals surface area contributed by atoms with Crippen LogP contribution in [0.3, 0.4) is 0 Å². The van der Waals surface area contributed by atoms with E-state index in [1.54, 1.807) is 30.0 Å². The molecule has 0 bridgehead atoms. The van der Waals surface area contributed by atoms with Gasteiger partial charge < -0.3 is 13.9 Å². The third-order valence-electron chi connectivity index (χ3n) is 4.49. The zero-order chi connectivity index (χ0) is 22.5. The molecule has 1 fully saturated rings. The molecule has 0 unspecified atom stereocenters.